The number of para-hydroxylation sites is 3. The van der Waals surface area contributed by atoms with Crippen LogP contribution in [0.3, 0.4) is 0 Å². The van der Waals surface area contributed by atoms with E-state index in [2.05, 4.69) is 10.6 Å². The van der Waals surface area contributed by atoms with E-state index >= 15 is 0 Å². The number of hydrogen-bond acceptors (Lipinski definition) is 4. The highest BCUT2D eigenvalue weighted by Crippen LogP contribution is 2.39. The third kappa shape index (κ3) is 4.17. The molecule has 2 N–H and O–H groups in total. The minimum Gasteiger partial charge on any atom is -0.410 e. The summed E-state index contributed by atoms with van der Waals surface area (Å²) in [6.07, 6.45) is 2.48. The molecule has 32 heavy (non-hydrogen) atoms. The molecule has 6 nitrogen and oxygen atoms in total. The topological polar surface area (TPSA) is 70.7 Å². The summed E-state index contributed by atoms with van der Waals surface area (Å²) in [5.74, 6) is 0.675. The second kappa shape index (κ2) is 8.75. The van der Waals surface area contributed by atoms with E-state index in [1.165, 1.54) is 0 Å². The summed E-state index contributed by atoms with van der Waals surface area (Å²) in [5, 5.41) is 6.33. The number of hydrogen-bond donors (Lipinski definition) is 2. The van der Waals surface area contributed by atoms with Crippen LogP contribution in [0.25, 0.3) is 0 Å². The number of ether oxygens (including phenoxy) is 1. The van der Waals surface area contributed by atoms with E-state index in [1.54, 1.807) is 12.1 Å². The van der Waals surface area contributed by atoms with Crippen molar-refractivity contribution in [2.75, 3.05) is 15.5 Å². The molecule has 6 heteroatoms. The monoisotopic (exact) mass is 427 g/mol. The van der Waals surface area contributed by atoms with Crippen molar-refractivity contribution >= 4 is 29.1 Å². The van der Waals surface area contributed by atoms with Gasteiger partial charge < -0.3 is 15.0 Å². The lowest BCUT2D eigenvalue weighted by atomic mass is 10.0. The van der Waals surface area contributed by atoms with Crippen LogP contribution in [0.5, 0.6) is 5.75 Å². The standard InChI is InChI=1S/C26H25N3O3/c30-25-21-9-6-11-22(21)28-23-10-4-5-12-24(23)29(25)17-18-13-15-19(16-14-18)27-26(31)32-20-7-2-1-3-8-20/h1-5,7-8,10,12-16,21-22,28H,6,9,11,17H2,(H,27,31)/t21-,22+/m0/s1. The van der Waals surface area contributed by atoms with Gasteiger partial charge in [-0.1, -0.05) is 48.9 Å². The first-order chi connectivity index (χ1) is 15.7. The number of anilines is 3. The molecule has 0 radical (unpaired) electrons. The Hall–Kier alpha value is -3.80. The summed E-state index contributed by atoms with van der Waals surface area (Å²) in [5.41, 5.74) is 3.55. The molecule has 0 aromatic heterocycles. The first kappa shape index (κ1) is 20.1. The Kier molecular flexibility index (Phi) is 5.50. The van der Waals surface area contributed by atoms with Crippen molar-refractivity contribution in [2.24, 2.45) is 5.92 Å². The van der Waals surface area contributed by atoms with Crippen molar-refractivity contribution in [1.29, 1.82) is 0 Å². The van der Waals surface area contributed by atoms with Gasteiger partial charge in [0.15, 0.2) is 0 Å². The zero-order valence-corrected chi connectivity index (χ0v) is 17.7. The van der Waals surface area contributed by atoms with E-state index in [9.17, 15) is 9.59 Å². The largest absolute Gasteiger partial charge is 0.417 e. The Balaban J connectivity index is 1.30. The third-order valence-corrected chi connectivity index (χ3v) is 6.13. The number of carbonyl (C=O) groups is 2. The van der Waals surface area contributed by atoms with Gasteiger partial charge in [0.2, 0.25) is 5.91 Å². The quantitative estimate of drug-likeness (QED) is 0.583. The molecule has 1 fully saturated rings. The van der Waals surface area contributed by atoms with Crippen LogP contribution in [0, 0.1) is 5.92 Å². The van der Waals surface area contributed by atoms with Crippen LogP contribution in [0.15, 0.2) is 78.9 Å². The maximum Gasteiger partial charge on any atom is 0.417 e. The molecule has 2 amide bonds. The second-order valence-corrected chi connectivity index (χ2v) is 8.25. The summed E-state index contributed by atoms with van der Waals surface area (Å²) in [7, 11) is 0. The number of nitrogens with zero attached hydrogens (tertiary/aromatic N) is 1. The molecule has 3 aromatic rings. The average Bonchev–Trinajstić information content (AvgIpc) is 3.24. The number of benzene rings is 3. The lowest BCUT2D eigenvalue weighted by Crippen LogP contribution is -2.38. The lowest BCUT2D eigenvalue weighted by molar-refractivity contribution is -0.122. The van der Waals surface area contributed by atoms with Crippen molar-refractivity contribution in [3.63, 3.8) is 0 Å². The minimum absolute atomic E-state index is 0.0103. The van der Waals surface area contributed by atoms with Crippen molar-refractivity contribution in [3.05, 3.63) is 84.4 Å². The zero-order valence-electron chi connectivity index (χ0n) is 17.7. The van der Waals surface area contributed by atoms with Crippen LogP contribution in [0.4, 0.5) is 21.9 Å². The third-order valence-electron chi connectivity index (χ3n) is 6.13. The van der Waals surface area contributed by atoms with Crippen molar-refractivity contribution in [1.82, 2.24) is 0 Å². The zero-order chi connectivity index (χ0) is 21.9. The molecule has 5 rings (SSSR count). The summed E-state index contributed by atoms with van der Waals surface area (Å²) in [4.78, 5) is 27.4. The second-order valence-electron chi connectivity index (χ2n) is 8.25. The molecule has 162 valence electrons. The van der Waals surface area contributed by atoms with E-state index < -0.39 is 6.09 Å². The maximum atomic E-state index is 13.4. The Bertz CT molecular complexity index is 1110. The van der Waals surface area contributed by atoms with Gasteiger partial charge in [0.05, 0.1) is 23.8 Å². The molecule has 1 saturated carbocycles. The van der Waals surface area contributed by atoms with Gasteiger partial charge in [0.1, 0.15) is 5.75 Å². The smallest absolute Gasteiger partial charge is 0.410 e. The molecule has 0 bridgehead atoms. The first-order valence-corrected chi connectivity index (χ1v) is 11.0. The molecule has 1 aliphatic carbocycles. The number of fused-ring (bicyclic) bond motifs is 2. The molecule has 0 spiro atoms. The van der Waals surface area contributed by atoms with E-state index in [0.717, 1.165) is 36.2 Å². The molecule has 2 atom stereocenters. The van der Waals surface area contributed by atoms with Crippen LogP contribution in [-0.2, 0) is 11.3 Å². The molecule has 0 unspecified atom stereocenters. The van der Waals surface area contributed by atoms with Gasteiger partial charge in [0.25, 0.3) is 0 Å². The van der Waals surface area contributed by atoms with Crippen molar-refractivity contribution < 1.29 is 14.3 Å². The highest BCUT2D eigenvalue weighted by atomic mass is 16.6. The predicted octanol–water partition coefficient (Wildman–Crippen LogP) is 5.42. The predicted molar refractivity (Wildman–Crippen MR) is 125 cm³/mol. The van der Waals surface area contributed by atoms with Gasteiger partial charge in [-0.3, -0.25) is 10.1 Å². The number of rotatable bonds is 4. The van der Waals surface area contributed by atoms with E-state index in [-0.39, 0.29) is 17.9 Å². The maximum absolute atomic E-state index is 13.4. The molecule has 2 aliphatic rings. The van der Waals surface area contributed by atoms with Gasteiger partial charge in [-0.05, 0) is 54.8 Å². The van der Waals surface area contributed by atoms with E-state index in [4.69, 9.17) is 4.74 Å². The van der Waals surface area contributed by atoms with Crippen LogP contribution in [0.2, 0.25) is 0 Å². The minimum atomic E-state index is -0.543. The summed E-state index contributed by atoms with van der Waals surface area (Å²) >= 11 is 0. The fourth-order valence-electron chi connectivity index (χ4n) is 4.56. The normalized spacial score (nSPS) is 19.4. The molecular weight excluding hydrogens is 402 g/mol. The van der Waals surface area contributed by atoms with Crippen LogP contribution >= 0.6 is 0 Å². The van der Waals surface area contributed by atoms with Crippen molar-refractivity contribution in [2.45, 2.75) is 31.8 Å². The molecular formula is C26H25N3O3. The van der Waals surface area contributed by atoms with Gasteiger partial charge in [-0.2, -0.15) is 0 Å². The highest BCUT2D eigenvalue weighted by Gasteiger charge is 2.39. The highest BCUT2D eigenvalue weighted by molar-refractivity contribution is 6.00. The van der Waals surface area contributed by atoms with Crippen molar-refractivity contribution in [3.8, 4) is 5.75 Å². The number of carbonyl (C=O) groups excluding carboxylic acids is 2. The Morgan fingerprint density at radius 1 is 0.969 bits per heavy atom. The van der Waals surface area contributed by atoms with E-state index in [0.29, 0.717) is 18.0 Å². The number of amides is 2. The lowest BCUT2D eigenvalue weighted by Gasteiger charge is -2.25. The first-order valence-electron chi connectivity index (χ1n) is 11.0. The van der Waals surface area contributed by atoms with Crippen LogP contribution < -0.4 is 20.3 Å². The van der Waals surface area contributed by atoms with Gasteiger partial charge in [-0.15, -0.1) is 0 Å². The Labute approximate surface area is 187 Å². The molecule has 1 aliphatic heterocycles. The summed E-state index contributed by atoms with van der Waals surface area (Å²) in [6.45, 7) is 0.482. The van der Waals surface area contributed by atoms with Gasteiger partial charge in [-0.25, -0.2) is 4.79 Å². The summed E-state index contributed by atoms with van der Waals surface area (Å²) < 4.78 is 5.27. The van der Waals surface area contributed by atoms with Crippen LogP contribution in [-0.4, -0.2) is 18.0 Å². The van der Waals surface area contributed by atoms with Crippen LogP contribution in [0.1, 0.15) is 24.8 Å². The van der Waals surface area contributed by atoms with Gasteiger partial charge in [0, 0.05) is 11.7 Å². The molecule has 0 saturated heterocycles. The molecule has 3 aromatic carbocycles. The number of nitrogens with one attached hydrogen (secondary N) is 2. The summed E-state index contributed by atoms with van der Waals surface area (Å²) in [6, 6.07) is 24.6. The molecule has 1 heterocycles. The fraction of sp³-hybridized carbons (Fsp3) is 0.231. The van der Waals surface area contributed by atoms with Gasteiger partial charge >= 0.3 is 6.09 Å². The fourth-order valence-corrected chi connectivity index (χ4v) is 4.56. The van der Waals surface area contributed by atoms with E-state index in [1.807, 2.05) is 71.6 Å². The SMILES string of the molecule is O=C(Nc1ccc(CN2C(=O)[C@H]3CCC[C@H]3Nc3ccccc32)cc1)Oc1ccccc1. The Morgan fingerprint density at radius 3 is 2.53 bits per heavy atom. The Morgan fingerprint density at radius 2 is 1.72 bits per heavy atom. The average molecular weight is 428 g/mol.